The van der Waals surface area contributed by atoms with Crippen LogP contribution in [-0.2, 0) is 11.3 Å². The molecule has 19 heavy (non-hydrogen) atoms. The molecule has 2 heterocycles. The number of rotatable bonds is 4. The second-order valence-electron chi connectivity index (χ2n) is 4.81. The Morgan fingerprint density at radius 2 is 2.32 bits per heavy atom. The van der Waals surface area contributed by atoms with Crippen LogP contribution in [-0.4, -0.2) is 40.9 Å². The smallest absolute Gasteiger partial charge is 0.268 e. The van der Waals surface area contributed by atoms with Crippen molar-refractivity contribution >= 4 is 27.7 Å². The van der Waals surface area contributed by atoms with Gasteiger partial charge >= 0.3 is 0 Å². The van der Waals surface area contributed by atoms with Crippen molar-refractivity contribution in [3.8, 4) is 0 Å². The van der Waals surface area contributed by atoms with Crippen LogP contribution in [0, 0.1) is 0 Å². The average Bonchev–Trinajstić information content (AvgIpc) is 2.87. The number of carbonyl (C=O) groups excluding carboxylic acids is 2. The van der Waals surface area contributed by atoms with E-state index >= 15 is 0 Å². The van der Waals surface area contributed by atoms with E-state index in [9.17, 15) is 9.59 Å². The lowest BCUT2D eigenvalue weighted by Crippen LogP contribution is -2.41. The van der Waals surface area contributed by atoms with E-state index in [-0.39, 0.29) is 17.9 Å². The number of aryl methyl sites for hydroxylation is 1. The molecule has 1 aromatic heterocycles. The van der Waals surface area contributed by atoms with Gasteiger partial charge in [-0.1, -0.05) is 6.92 Å². The SMILES string of the molecule is CCCn1cc(Br)cc1C(=O)NC1CCN(C)C1=O. The van der Waals surface area contributed by atoms with E-state index in [1.54, 1.807) is 18.0 Å². The number of amides is 2. The molecule has 2 rings (SSSR count). The maximum Gasteiger partial charge on any atom is 0.268 e. The second-order valence-corrected chi connectivity index (χ2v) is 5.73. The normalized spacial score (nSPS) is 19.0. The molecule has 0 radical (unpaired) electrons. The first kappa shape index (κ1) is 14.1. The monoisotopic (exact) mass is 327 g/mol. The minimum Gasteiger partial charge on any atom is -0.344 e. The highest BCUT2D eigenvalue weighted by Crippen LogP contribution is 2.16. The number of likely N-dealkylation sites (tertiary alicyclic amines) is 1. The molecular formula is C13H18BrN3O2. The third kappa shape index (κ3) is 3.00. The zero-order valence-electron chi connectivity index (χ0n) is 11.1. The van der Waals surface area contributed by atoms with Gasteiger partial charge in [0.15, 0.2) is 0 Å². The number of hydrogen-bond acceptors (Lipinski definition) is 2. The second kappa shape index (κ2) is 5.77. The number of hydrogen-bond donors (Lipinski definition) is 1. The predicted octanol–water partition coefficient (Wildman–Crippen LogP) is 1.62. The molecule has 5 nitrogen and oxygen atoms in total. The van der Waals surface area contributed by atoms with Gasteiger partial charge in [0, 0.05) is 30.8 Å². The van der Waals surface area contributed by atoms with Gasteiger partial charge in [-0.25, -0.2) is 0 Å². The van der Waals surface area contributed by atoms with Crippen molar-refractivity contribution < 1.29 is 9.59 Å². The first-order chi connectivity index (χ1) is 9.02. The summed E-state index contributed by atoms with van der Waals surface area (Å²) >= 11 is 3.38. The van der Waals surface area contributed by atoms with E-state index in [0.29, 0.717) is 18.7 Å². The van der Waals surface area contributed by atoms with Gasteiger partial charge < -0.3 is 14.8 Å². The summed E-state index contributed by atoms with van der Waals surface area (Å²) in [6.07, 6.45) is 3.52. The molecule has 0 spiro atoms. The highest BCUT2D eigenvalue weighted by Gasteiger charge is 2.31. The Balaban J connectivity index is 2.10. The van der Waals surface area contributed by atoms with Gasteiger partial charge in [0.05, 0.1) is 0 Å². The zero-order chi connectivity index (χ0) is 14.0. The highest BCUT2D eigenvalue weighted by molar-refractivity contribution is 9.10. The minimum atomic E-state index is -0.388. The third-order valence-corrected chi connectivity index (χ3v) is 3.73. The molecule has 0 aliphatic carbocycles. The van der Waals surface area contributed by atoms with Gasteiger partial charge in [-0.15, -0.1) is 0 Å². The molecular weight excluding hydrogens is 310 g/mol. The lowest BCUT2D eigenvalue weighted by atomic mass is 10.2. The van der Waals surface area contributed by atoms with Crippen LogP contribution in [0.5, 0.6) is 0 Å². The van der Waals surface area contributed by atoms with Crippen LogP contribution in [0.4, 0.5) is 0 Å². The van der Waals surface area contributed by atoms with Crippen LogP contribution in [0.15, 0.2) is 16.7 Å². The van der Waals surface area contributed by atoms with Crippen LogP contribution >= 0.6 is 15.9 Å². The standard InChI is InChI=1S/C13H18BrN3O2/c1-3-5-17-8-9(14)7-11(17)12(18)15-10-4-6-16(2)13(10)19/h7-8,10H,3-6H2,1-2H3,(H,15,18). The van der Waals surface area contributed by atoms with Crippen LogP contribution < -0.4 is 5.32 Å². The molecule has 104 valence electrons. The third-order valence-electron chi connectivity index (χ3n) is 3.29. The Kier molecular flexibility index (Phi) is 4.29. The number of halogens is 1. The summed E-state index contributed by atoms with van der Waals surface area (Å²) in [5, 5.41) is 2.82. The Morgan fingerprint density at radius 3 is 2.89 bits per heavy atom. The quantitative estimate of drug-likeness (QED) is 0.913. The largest absolute Gasteiger partial charge is 0.344 e. The summed E-state index contributed by atoms with van der Waals surface area (Å²) in [4.78, 5) is 25.7. The molecule has 2 amide bonds. The predicted molar refractivity (Wildman–Crippen MR) is 75.9 cm³/mol. The molecule has 1 atom stereocenters. The average molecular weight is 328 g/mol. The zero-order valence-corrected chi connectivity index (χ0v) is 12.7. The summed E-state index contributed by atoms with van der Waals surface area (Å²) in [7, 11) is 1.75. The fourth-order valence-corrected chi connectivity index (χ4v) is 2.74. The number of carbonyl (C=O) groups is 2. The molecule has 1 aromatic rings. The van der Waals surface area contributed by atoms with Crippen LogP contribution in [0.25, 0.3) is 0 Å². The molecule has 0 bridgehead atoms. The van der Waals surface area contributed by atoms with E-state index in [4.69, 9.17) is 0 Å². The van der Waals surface area contributed by atoms with Crippen LogP contribution in [0.3, 0.4) is 0 Å². The van der Waals surface area contributed by atoms with Crippen molar-refractivity contribution in [3.05, 3.63) is 22.4 Å². The Labute approximate surface area is 121 Å². The van der Waals surface area contributed by atoms with Gasteiger partial charge in [-0.3, -0.25) is 9.59 Å². The van der Waals surface area contributed by atoms with Gasteiger partial charge in [0.25, 0.3) is 5.91 Å². The summed E-state index contributed by atoms with van der Waals surface area (Å²) < 4.78 is 2.78. The molecule has 1 aliphatic heterocycles. The lowest BCUT2D eigenvalue weighted by molar-refractivity contribution is -0.128. The molecule has 1 N–H and O–H groups in total. The molecule has 1 saturated heterocycles. The number of nitrogens with one attached hydrogen (secondary N) is 1. The molecule has 0 aromatic carbocycles. The summed E-state index contributed by atoms with van der Waals surface area (Å²) in [5.41, 5.74) is 0.594. The maximum atomic E-state index is 12.2. The summed E-state index contributed by atoms with van der Waals surface area (Å²) in [6.45, 7) is 3.54. The number of aromatic nitrogens is 1. The van der Waals surface area contributed by atoms with E-state index in [1.165, 1.54) is 0 Å². The van der Waals surface area contributed by atoms with Crippen molar-refractivity contribution in [2.24, 2.45) is 0 Å². The molecule has 1 unspecified atom stereocenters. The molecule has 1 fully saturated rings. The van der Waals surface area contributed by atoms with Crippen molar-refractivity contribution in [1.82, 2.24) is 14.8 Å². The van der Waals surface area contributed by atoms with Crippen molar-refractivity contribution in [2.45, 2.75) is 32.4 Å². The minimum absolute atomic E-state index is 0.0130. The van der Waals surface area contributed by atoms with Gasteiger partial charge in [-0.05, 0) is 34.8 Å². The highest BCUT2D eigenvalue weighted by atomic mass is 79.9. The van der Waals surface area contributed by atoms with Crippen molar-refractivity contribution in [2.75, 3.05) is 13.6 Å². The molecule has 6 heteroatoms. The van der Waals surface area contributed by atoms with Gasteiger partial charge in [-0.2, -0.15) is 0 Å². The summed E-state index contributed by atoms with van der Waals surface area (Å²) in [6, 6.07) is 1.40. The van der Waals surface area contributed by atoms with E-state index in [2.05, 4.69) is 28.2 Å². The number of likely N-dealkylation sites (N-methyl/N-ethyl adjacent to an activating group) is 1. The first-order valence-corrected chi connectivity index (χ1v) is 7.23. The summed E-state index contributed by atoms with van der Waals surface area (Å²) in [5.74, 6) is -0.200. The van der Waals surface area contributed by atoms with Crippen LogP contribution in [0.2, 0.25) is 0 Å². The topological polar surface area (TPSA) is 54.3 Å². The fraction of sp³-hybridized carbons (Fsp3) is 0.538. The van der Waals surface area contributed by atoms with E-state index in [0.717, 1.165) is 17.4 Å². The van der Waals surface area contributed by atoms with Gasteiger partial charge in [0.2, 0.25) is 5.91 Å². The van der Waals surface area contributed by atoms with E-state index in [1.807, 2.05) is 10.8 Å². The first-order valence-electron chi connectivity index (χ1n) is 6.44. The van der Waals surface area contributed by atoms with E-state index < -0.39 is 0 Å². The maximum absolute atomic E-state index is 12.2. The van der Waals surface area contributed by atoms with Crippen molar-refractivity contribution in [1.29, 1.82) is 0 Å². The van der Waals surface area contributed by atoms with Crippen LogP contribution in [0.1, 0.15) is 30.3 Å². The molecule has 0 saturated carbocycles. The Bertz CT molecular complexity index is 498. The Morgan fingerprint density at radius 1 is 1.58 bits per heavy atom. The Hall–Kier alpha value is -1.30. The molecule has 1 aliphatic rings. The van der Waals surface area contributed by atoms with Crippen molar-refractivity contribution in [3.63, 3.8) is 0 Å². The number of nitrogens with zero attached hydrogens (tertiary/aromatic N) is 2. The lowest BCUT2D eigenvalue weighted by Gasteiger charge is -2.13. The van der Waals surface area contributed by atoms with Gasteiger partial charge in [0.1, 0.15) is 11.7 Å². The fourth-order valence-electron chi connectivity index (χ4n) is 2.28.